The van der Waals surface area contributed by atoms with E-state index in [2.05, 4.69) is 45.6 Å². The molecule has 0 aromatic heterocycles. The standard InChI is InChI=1S/C32H41NO5/c1-6-36-17-18-38-28-20-25(19-26-30(28)32(4,5)14-13-31(26,2)3)27(35)12-9-23-7-10-24(11-8-23)29-21-33(22-34)15-16-37-29/h7-8,10-11,19-20,22,27,29,35H,6,13-18,21H2,1-5H3. The smallest absolute Gasteiger partial charge is 0.209 e. The van der Waals surface area contributed by atoms with Gasteiger partial charge in [0, 0.05) is 24.3 Å². The molecule has 0 spiro atoms. The van der Waals surface area contributed by atoms with E-state index in [4.69, 9.17) is 14.2 Å². The van der Waals surface area contributed by atoms with E-state index in [-0.39, 0.29) is 16.9 Å². The van der Waals surface area contributed by atoms with Crippen LogP contribution in [-0.2, 0) is 25.1 Å². The summed E-state index contributed by atoms with van der Waals surface area (Å²) >= 11 is 0. The molecule has 1 saturated heterocycles. The Labute approximate surface area is 227 Å². The van der Waals surface area contributed by atoms with E-state index in [9.17, 15) is 9.90 Å². The predicted octanol–water partition coefficient (Wildman–Crippen LogP) is 5.07. The number of fused-ring (bicyclic) bond motifs is 1. The molecular weight excluding hydrogens is 478 g/mol. The van der Waals surface area contributed by atoms with Crippen LogP contribution in [0.3, 0.4) is 0 Å². The van der Waals surface area contributed by atoms with Crippen molar-refractivity contribution in [3.8, 4) is 17.6 Å². The van der Waals surface area contributed by atoms with Crippen molar-refractivity contribution in [2.45, 2.75) is 70.5 Å². The second-order valence-electron chi connectivity index (χ2n) is 11.5. The maximum absolute atomic E-state index is 11.1. The first-order valence-electron chi connectivity index (χ1n) is 13.6. The lowest BCUT2D eigenvalue weighted by atomic mass is 9.62. The first kappa shape index (κ1) is 28.2. The van der Waals surface area contributed by atoms with Gasteiger partial charge in [-0.05, 0) is 65.5 Å². The fourth-order valence-electron chi connectivity index (χ4n) is 5.36. The average Bonchev–Trinajstić information content (AvgIpc) is 2.92. The van der Waals surface area contributed by atoms with Gasteiger partial charge in [0.2, 0.25) is 6.41 Å². The Kier molecular flexibility index (Phi) is 8.82. The van der Waals surface area contributed by atoms with Crippen LogP contribution in [0.15, 0.2) is 36.4 Å². The van der Waals surface area contributed by atoms with Gasteiger partial charge in [-0.3, -0.25) is 4.79 Å². The van der Waals surface area contributed by atoms with Crippen molar-refractivity contribution in [2.75, 3.05) is 39.5 Å². The van der Waals surface area contributed by atoms with Crippen LogP contribution in [0.1, 0.15) is 87.5 Å². The molecule has 1 amide bonds. The molecule has 4 rings (SSSR count). The van der Waals surface area contributed by atoms with E-state index in [0.717, 1.165) is 41.7 Å². The van der Waals surface area contributed by atoms with Gasteiger partial charge in [-0.2, -0.15) is 0 Å². The van der Waals surface area contributed by atoms with Crippen molar-refractivity contribution in [3.63, 3.8) is 0 Å². The van der Waals surface area contributed by atoms with Gasteiger partial charge in [0.15, 0.2) is 0 Å². The predicted molar refractivity (Wildman–Crippen MR) is 148 cm³/mol. The van der Waals surface area contributed by atoms with Crippen LogP contribution in [0, 0.1) is 11.8 Å². The SMILES string of the molecule is CCOCCOc1cc(C(O)C#Cc2ccc(C3CN(C=O)CCO3)cc2)cc2c1C(C)(C)CCC2(C)C. The Hall–Kier alpha value is -2.85. The van der Waals surface area contributed by atoms with Gasteiger partial charge < -0.3 is 24.2 Å². The summed E-state index contributed by atoms with van der Waals surface area (Å²) in [7, 11) is 0. The van der Waals surface area contributed by atoms with Crippen LogP contribution in [0.25, 0.3) is 0 Å². The topological polar surface area (TPSA) is 68.2 Å². The maximum Gasteiger partial charge on any atom is 0.209 e. The summed E-state index contributed by atoms with van der Waals surface area (Å²) in [5.74, 6) is 6.97. The molecule has 6 heteroatoms. The molecule has 6 nitrogen and oxygen atoms in total. The van der Waals surface area contributed by atoms with Crippen molar-refractivity contribution in [3.05, 3.63) is 64.2 Å². The lowest BCUT2D eigenvalue weighted by molar-refractivity contribution is -0.125. The number of hydrogen-bond donors (Lipinski definition) is 1. The summed E-state index contributed by atoms with van der Waals surface area (Å²) in [6.45, 7) is 14.4. The summed E-state index contributed by atoms with van der Waals surface area (Å²) in [6, 6.07) is 11.9. The summed E-state index contributed by atoms with van der Waals surface area (Å²) in [5, 5.41) is 11.1. The third-order valence-corrected chi connectivity index (χ3v) is 7.79. The van der Waals surface area contributed by atoms with Gasteiger partial charge in [-0.25, -0.2) is 0 Å². The number of carbonyl (C=O) groups excluding carboxylic acids is 1. The zero-order valence-electron chi connectivity index (χ0n) is 23.4. The maximum atomic E-state index is 11.1. The van der Waals surface area contributed by atoms with Gasteiger partial charge in [-0.15, -0.1) is 0 Å². The van der Waals surface area contributed by atoms with Crippen molar-refractivity contribution in [2.24, 2.45) is 0 Å². The molecular formula is C32H41NO5. The molecule has 0 radical (unpaired) electrons. The van der Waals surface area contributed by atoms with Crippen molar-refractivity contribution in [1.82, 2.24) is 4.90 Å². The normalized spacial score (nSPS) is 20.6. The first-order chi connectivity index (χ1) is 18.1. The molecule has 38 heavy (non-hydrogen) atoms. The van der Waals surface area contributed by atoms with Gasteiger partial charge in [0.05, 0.1) is 19.8 Å². The Morgan fingerprint density at radius 3 is 2.58 bits per heavy atom. The molecule has 0 saturated carbocycles. The third kappa shape index (κ3) is 6.40. The molecule has 1 heterocycles. The summed E-state index contributed by atoms with van der Waals surface area (Å²) in [4.78, 5) is 12.8. The summed E-state index contributed by atoms with van der Waals surface area (Å²) < 4.78 is 17.6. The number of amides is 1. The number of hydrogen-bond acceptors (Lipinski definition) is 5. The van der Waals surface area contributed by atoms with E-state index >= 15 is 0 Å². The molecule has 0 bridgehead atoms. The highest BCUT2D eigenvalue weighted by Crippen LogP contribution is 2.50. The molecule has 1 aliphatic carbocycles. The number of carbonyl (C=O) groups is 1. The minimum absolute atomic E-state index is 0.0203. The molecule has 1 fully saturated rings. The molecule has 2 aromatic carbocycles. The second kappa shape index (κ2) is 11.9. The van der Waals surface area contributed by atoms with Gasteiger partial charge in [0.1, 0.15) is 24.6 Å². The number of nitrogens with zero attached hydrogens (tertiary/aromatic N) is 1. The fraction of sp³-hybridized carbons (Fsp3) is 0.531. The minimum atomic E-state index is -0.946. The van der Waals surface area contributed by atoms with Crippen molar-refractivity contribution in [1.29, 1.82) is 0 Å². The zero-order valence-corrected chi connectivity index (χ0v) is 23.4. The largest absolute Gasteiger partial charge is 0.491 e. The third-order valence-electron chi connectivity index (χ3n) is 7.79. The molecule has 2 aliphatic rings. The van der Waals surface area contributed by atoms with Gasteiger partial charge in [-0.1, -0.05) is 57.7 Å². The number of aliphatic hydroxyl groups is 1. The highest BCUT2D eigenvalue weighted by molar-refractivity contribution is 5.54. The number of aliphatic hydroxyl groups excluding tert-OH is 1. The highest BCUT2D eigenvalue weighted by atomic mass is 16.5. The van der Waals surface area contributed by atoms with Crippen LogP contribution in [0.5, 0.6) is 5.75 Å². The van der Waals surface area contributed by atoms with E-state index in [1.54, 1.807) is 4.90 Å². The van der Waals surface area contributed by atoms with E-state index < -0.39 is 6.10 Å². The molecule has 1 N–H and O–H groups in total. The minimum Gasteiger partial charge on any atom is -0.491 e. The number of morpholine rings is 1. The Bertz CT molecular complexity index is 1170. The summed E-state index contributed by atoms with van der Waals surface area (Å²) in [5.41, 5.74) is 4.97. The van der Waals surface area contributed by atoms with E-state index in [1.165, 1.54) is 11.1 Å². The Morgan fingerprint density at radius 2 is 1.87 bits per heavy atom. The Morgan fingerprint density at radius 1 is 1.13 bits per heavy atom. The van der Waals surface area contributed by atoms with Crippen LogP contribution < -0.4 is 4.74 Å². The van der Waals surface area contributed by atoms with Gasteiger partial charge in [0.25, 0.3) is 0 Å². The lowest BCUT2D eigenvalue weighted by Crippen LogP contribution is -2.37. The second-order valence-corrected chi connectivity index (χ2v) is 11.5. The molecule has 2 unspecified atom stereocenters. The number of ether oxygens (including phenoxy) is 3. The molecule has 204 valence electrons. The van der Waals surface area contributed by atoms with Crippen LogP contribution in [0.2, 0.25) is 0 Å². The van der Waals surface area contributed by atoms with E-state index in [0.29, 0.717) is 39.5 Å². The highest BCUT2D eigenvalue weighted by Gasteiger charge is 2.40. The molecule has 2 atom stereocenters. The molecule has 1 aliphatic heterocycles. The first-order valence-corrected chi connectivity index (χ1v) is 13.6. The van der Waals surface area contributed by atoms with Crippen LogP contribution in [0.4, 0.5) is 0 Å². The zero-order chi connectivity index (χ0) is 27.3. The molecule has 2 aromatic rings. The van der Waals surface area contributed by atoms with Crippen molar-refractivity contribution >= 4 is 6.41 Å². The number of rotatable bonds is 8. The van der Waals surface area contributed by atoms with Crippen molar-refractivity contribution < 1.29 is 24.1 Å². The van der Waals surface area contributed by atoms with Gasteiger partial charge >= 0.3 is 0 Å². The monoisotopic (exact) mass is 519 g/mol. The van der Waals surface area contributed by atoms with E-state index in [1.807, 2.05) is 37.3 Å². The lowest BCUT2D eigenvalue weighted by Gasteiger charge is -2.43. The van der Waals surface area contributed by atoms with Crippen LogP contribution >= 0.6 is 0 Å². The Balaban J connectivity index is 1.58. The summed E-state index contributed by atoms with van der Waals surface area (Å²) in [6.07, 6.45) is 1.93. The van der Waals surface area contributed by atoms with Crippen LogP contribution in [-0.4, -0.2) is 55.9 Å². The number of benzene rings is 2. The fourth-order valence-corrected chi connectivity index (χ4v) is 5.36. The quantitative estimate of drug-likeness (QED) is 0.300. The average molecular weight is 520 g/mol.